The summed E-state index contributed by atoms with van der Waals surface area (Å²) in [6.07, 6.45) is 0.760. The van der Waals surface area contributed by atoms with Gasteiger partial charge in [0.25, 0.3) is 0 Å². The molecule has 1 unspecified atom stereocenters. The van der Waals surface area contributed by atoms with E-state index in [-0.39, 0.29) is 11.9 Å². The molecule has 1 rings (SSSR count). The molecule has 0 spiro atoms. The maximum absolute atomic E-state index is 12.0. The molecule has 4 nitrogen and oxygen atoms in total. The fourth-order valence-corrected chi connectivity index (χ4v) is 2.16. The lowest BCUT2D eigenvalue weighted by Crippen LogP contribution is -2.66. The summed E-state index contributed by atoms with van der Waals surface area (Å²) in [5.74, 6) is 0.170. The molecular weight excluding hydrogens is 204 g/mol. The number of rotatable bonds is 5. The number of carbonyl (C=O) groups excluding carboxylic acids is 1. The average Bonchev–Trinajstić information content (AvgIpc) is 2.25. The number of hydrogen-bond acceptors (Lipinski definition) is 3. The van der Waals surface area contributed by atoms with Gasteiger partial charge in [-0.1, -0.05) is 6.92 Å². The van der Waals surface area contributed by atoms with Gasteiger partial charge in [-0.25, -0.2) is 0 Å². The predicted molar refractivity (Wildman–Crippen MR) is 64.2 cm³/mol. The molecule has 0 radical (unpaired) electrons. The second-order valence-corrected chi connectivity index (χ2v) is 4.67. The van der Waals surface area contributed by atoms with Crippen molar-refractivity contribution in [3.8, 4) is 0 Å². The van der Waals surface area contributed by atoms with Gasteiger partial charge in [0.15, 0.2) is 0 Å². The van der Waals surface area contributed by atoms with Gasteiger partial charge >= 0.3 is 0 Å². The molecule has 1 N–H and O–H groups in total. The van der Waals surface area contributed by atoms with Crippen molar-refractivity contribution in [3.05, 3.63) is 0 Å². The molecule has 94 valence electrons. The molecule has 0 aromatic carbocycles. The lowest BCUT2D eigenvalue weighted by atomic mass is 9.89. The summed E-state index contributed by atoms with van der Waals surface area (Å²) in [6.45, 7) is 10.6. The van der Waals surface area contributed by atoms with E-state index in [1.165, 1.54) is 0 Å². The third-order valence-corrected chi connectivity index (χ3v) is 3.63. The number of hydrogen-bond donors (Lipinski definition) is 1. The second kappa shape index (κ2) is 5.15. The van der Waals surface area contributed by atoms with Crippen LogP contribution in [-0.4, -0.2) is 58.6 Å². The smallest absolute Gasteiger partial charge is 0.239 e. The van der Waals surface area contributed by atoms with Gasteiger partial charge in [0, 0.05) is 26.2 Å². The van der Waals surface area contributed by atoms with Crippen molar-refractivity contribution in [2.75, 3.05) is 26.2 Å². The van der Waals surface area contributed by atoms with E-state index in [1.807, 2.05) is 37.5 Å². The highest BCUT2D eigenvalue weighted by Gasteiger charge is 2.43. The van der Waals surface area contributed by atoms with Gasteiger partial charge in [0.05, 0.1) is 11.6 Å². The largest absolute Gasteiger partial charge is 0.387 e. The Morgan fingerprint density at radius 3 is 2.25 bits per heavy atom. The van der Waals surface area contributed by atoms with Crippen molar-refractivity contribution in [1.29, 1.82) is 0 Å². The summed E-state index contributed by atoms with van der Waals surface area (Å²) >= 11 is 0. The van der Waals surface area contributed by atoms with Crippen LogP contribution in [0, 0.1) is 0 Å². The number of β-amino-alcohol motifs (C(OH)–C–C–N with tert-alkyl or cyclic N) is 1. The standard InChI is InChI=1S/C12H24N2O2/c1-5-12(16)8-14(9-12)10(4)11(15)13(6-2)7-3/h10,16H,5-9H2,1-4H3. The lowest BCUT2D eigenvalue weighted by Gasteiger charge is -2.49. The molecule has 1 amide bonds. The summed E-state index contributed by atoms with van der Waals surface area (Å²) in [6, 6.07) is -0.105. The lowest BCUT2D eigenvalue weighted by molar-refractivity contribution is -0.151. The third-order valence-electron chi connectivity index (χ3n) is 3.63. The van der Waals surface area contributed by atoms with Gasteiger partial charge in [0.1, 0.15) is 0 Å². The molecule has 1 aliphatic rings. The van der Waals surface area contributed by atoms with Gasteiger partial charge in [-0.2, -0.15) is 0 Å². The Kier molecular flexibility index (Phi) is 4.33. The molecule has 4 heteroatoms. The predicted octanol–water partition coefficient (Wildman–Crippen LogP) is 0.700. The molecule has 16 heavy (non-hydrogen) atoms. The molecule has 1 heterocycles. The van der Waals surface area contributed by atoms with E-state index < -0.39 is 5.60 Å². The molecule has 1 fully saturated rings. The Labute approximate surface area is 98.2 Å². The van der Waals surface area contributed by atoms with Crippen molar-refractivity contribution in [3.63, 3.8) is 0 Å². The third kappa shape index (κ3) is 2.55. The van der Waals surface area contributed by atoms with Crippen LogP contribution in [0.3, 0.4) is 0 Å². The van der Waals surface area contributed by atoms with Gasteiger partial charge in [0.2, 0.25) is 5.91 Å². The summed E-state index contributed by atoms with van der Waals surface area (Å²) in [5, 5.41) is 9.91. The van der Waals surface area contributed by atoms with E-state index >= 15 is 0 Å². The zero-order valence-corrected chi connectivity index (χ0v) is 10.9. The van der Waals surface area contributed by atoms with Crippen molar-refractivity contribution >= 4 is 5.91 Å². The van der Waals surface area contributed by atoms with Gasteiger partial charge in [-0.15, -0.1) is 0 Å². The van der Waals surface area contributed by atoms with Crippen LogP contribution in [-0.2, 0) is 4.79 Å². The van der Waals surface area contributed by atoms with E-state index in [4.69, 9.17) is 0 Å². The monoisotopic (exact) mass is 228 g/mol. The fraction of sp³-hybridized carbons (Fsp3) is 0.917. The van der Waals surface area contributed by atoms with Crippen LogP contribution in [0.4, 0.5) is 0 Å². The Hall–Kier alpha value is -0.610. The van der Waals surface area contributed by atoms with E-state index in [0.29, 0.717) is 13.1 Å². The number of likely N-dealkylation sites (tertiary alicyclic amines) is 1. The highest BCUT2D eigenvalue weighted by atomic mass is 16.3. The molecule has 0 aliphatic carbocycles. The quantitative estimate of drug-likeness (QED) is 0.753. The molecule has 1 saturated heterocycles. The normalized spacial score (nSPS) is 21.3. The SMILES string of the molecule is CCN(CC)C(=O)C(C)N1CC(O)(CC)C1. The van der Waals surface area contributed by atoms with Crippen LogP contribution in [0.15, 0.2) is 0 Å². The van der Waals surface area contributed by atoms with Gasteiger partial charge in [-0.3, -0.25) is 9.69 Å². The van der Waals surface area contributed by atoms with E-state index in [1.54, 1.807) is 0 Å². The molecule has 0 saturated carbocycles. The molecule has 0 bridgehead atoms. The highest BCUT2D eigenvalue weighted by Crippen LogP contribution is 2.26. The van der Waals surface area contributed by atoms with Crippen molar-refractivity contribution in [2.45, 2.75) is 45.8 Å². The molecule has 0 aromatic heterocycles. The average molecular weight is 228 g/mol. The van der Waals surface area contributed by atoms with Crippen LogP contribution >= 0.6 is 0 Å². The Bertz CT molecular complexity index is 245. The first-order chi connectivity index (χ1) is 7.47. The Balaban J connectivity index is 2.48. The van der Waals surface area contributed by atoms with Crippen molar-refractivity contribution < 1.29 is 9.90 Å². The minimum absolute atomic E-state index is 0.105. The zero-order chi connectivity index (χ0) is 12.3. The van der Waals surface area contributed by atoms with Crippen LogP contribution < -0.4 is 0 Å². The summed E-state index contributed by atoms with van der Waals surface area (Å²) < 4.78 is 0. The first-order valence-electron chi connectivity index (χ1n) is 6.22. The highest BCUT2D eigenvalue weighted by molar-refractivity contribution is 5.81. The number of likely N-dealkylation sites (N-methyl/N-ethyl adjacent to an activating group) is 1. The summed E-state index contributed by atoms with van der Waals surface area (Å²) in [7, 11) is 0. The van der Waals surface area contributed by atoms with Gasteiger partial charge < -0.3 is 10.0 Å². The minimum atomic E-state index is -0.558. The molecule has 0 aromatic rings. The maximum atomic E-state index is 12.0. The van der Waals surface area contributed by atoms with Crippen LogP contribution in [0.25, 0.3) is 0 Å². The minimum Gasteiger partial charge on any atom is -0.387 e. The molecule has 1 atom stereocenters. The molecule has 1 aliphatic heterocycles. The van der Waals surface area contributed by atoms with E-state index in [0.717, 1.165) is 19.5 Å². The molecular formula is C12H24N2O2. The van der Waals surface area contributed by atoms with Gasteiger partial charge in [-0.05, 0) is 27.2 Å². The number of nitrogens with zero attached hydrogens (tertiary/aromatic N) is 2. The number of amides is 1. The maximum Gasteiger partial charge on any atom is 0.239 e. The first kappa shape index (κ1) is 13.5. The fourth-order valence-electron chi connectivity index (χ4n) is 2.16. The number of aliphatic hydroxyl groups is 1. The van der Waals surface area contributed by atoms with Crippen LogP contribution in [0.2, 0.25) is 0 Å². The number of carbonyl (C=O) groups is 1. The second-order valence-electron chi connectivity index (χ2n) is 4.67. The van der Waals surface area contributed by atoms with Crippen LogP contribution in [0.5, 0.6) is 0 Å². The Morgan fingerprint density at radius 1 is 1.38 bits per heavy atom. The van der Waals surface area contributed by atoms with Crippen molar-refractivity contribution in [1.82, 2.24) is 9.80 Å². The summed E-state index contributed by atoms with van der Waals surface area (Å²) in [5.41, 5.74) is -0.558. The van der Waals surface area contributed by atoms with E-state index in [9.17, 15) is 9.90 Å². The van der Waals surface area contributed by atoms with Crippen molar-refractivity contribution in [2.24, 2.45) is 0 Å². The van der Waals surface area contributed by atoms with Crippen LogP contribution in [0.1, 0.15) is 34.1 Å². The Morgan fingerprint density at radius 2 is 1.88 bits per heavy atom. The zero-order valence-electron chi connectivity index (χ0n) is 10.9. The summed E-state index contributed by atoms with van der Waals surface area (Å²) in [4.78, 5) is 15.9. The van der Waals surface area contributed by atoms with E-state index in [2.05, 4.69) is 0 Å². The topological polar surface area (TPSA) is 43.8 Å². The first-order valence-corrected chi connectivity index (χ1v) is 6.22.